The van der Waals surface area contributed by atoms with E-state index >= 15 is 0 Å². The minimum atomic E-state index is -0.629. The lowest BCUT2D eigenvalue weighted by molar-refractivity contribution is 0.0454. The van der Waals surface area contributed by atoms with Gasteiger partial charge in [0.05, 0.1) is 11.9 Å². The number of hydrogen-bond donors (Lipinski definition) is 0. The molecule has 5 nitrogen and oxygen atoms in total. The second-order valence-corrected chi connectivity index (χ2v) is 5.37. The number of ether oxygens (including phenoxy) is 1. The molecule has 0 N–H and O–H groups in total. The van der Waals surface area contributed by atoms with E-state index in [0.717, 1.165) is 11.4 Å². The lowest BCUT2D eigenvalue weighted by atomic mass is 10.2. The maximum absolute atomic E-state index is 12.1. The summed E-state index contributed by atoms with van der Waals surface area (Å²) in [6, 6.07) is 12.0. The molecule has 0 unspecified atom stereocenters. The molecule has 0 spiro atoms. The lowest BCUT2D eigenvalue weighted by Gasteiger charge is -2.09. The highest BCUT2D eigenvalue weighted by atomic mass is 16.5. The zero-order valence-corrected chi connectivity index (χ0v) is 13.0. The first-order chi connectivity index (χ1) is 11.1. The minimum Gasteiger partial charge on any atom is -0.458 e. The number of aromatic nitrogens is 1. The summed E-state index contributed by atoms with van der Waals surface area (Å²) >= 11 is 0. The molecule has 0 aliphatic rings. The van der Waals surface area contributed by atoms with Crippen LogP contribution in [0.25, 0.3) is 11.0 Å². The van der Waals surface area contributed by atoms with Crippen LogP contribution in [-0.4, -0.2) is 17.1 Å². The Balaban J connectivity index is 1.72. The Hall–Kier alpha value is -2.82. The number of carbonyl (C=O) groups is 1. The van der Waals surface area contributed by atoms with Gasteiger partial charge in [0.1, 0.15) is 12.2 Å². The van der Waals surface area contributed by atoms with E-state index in [1.807, 2.05) is 26.0 Å². The van der Waals surface area contributed by atoms with Crippen molar-refractivity contribution in [3.63, 3.8) is 0 Å². The summed E-state index contributed by atoms with van der Waals surface area (Å²) in [4.78, 5) is 24.1. The average molecular weight is 311 g/mol. The second-order valence-electron chi connectivity index (χ2n) is 5.37. The van der Waals surface area contributed by atoms with E-state index in [1.54, 1.807) is 24.3 Å². The number of para-hydroxylation sites is 1. The highest BCUT2D eigenvalue weighted by Gasteiger charge is 2.13. The molecular formula is C18H17NO4. The van der Waals surface area contributed by atoms with Crippen molar-refractivity contribution in [2.45, 2.75) is 20.4 Å². The van der Waals surface area contributed by atoms with Crippen LogP contribution in [-0.2, 0) is 11.3 Å². The summed E-state index contributed by atoms with van der Waals surface area (Å²) in [5.41, 5.74) is 2.34. The predicted molar refractivity (Wildman–Crippen MR) is 86.7 cm³/mol. The smallest absolute Gasteiger partial charge is 0.374 e. The summed E-state index contributed by atoms with van der Waals surface area (Å²) in [5.74, 6) is -0.704. The van der Waals surface area contributed by atoms with Crippen LogP contribution < -0.4 is 5.43 Å². The van der Waals surface area contributed by atoms with Crippen molar-refractivity contribution in [3.05, 3.63) is 69.8 Å². The van der Waals surface area contributed by atoms with Crippen molar-refractivity contribution in [1.29, 1.82) is 0 Å². The predicted octanol–water partition coefficient (Wildman–Crippen LogP) is 3.07. The topological polar surface area (TPSA) is 61.4 Å². The molecule has 3 rings (SSSR count). The van der Waals surface area contributed by atoms with Gasteiger partial charge in [0.2, 0.25) is 5.76 Å². The number of nitrogens with zero attached hydrogens (tertiary/aromatic N) is 1. The van der Waals surface area contributed by atoms with E-state index in [9.17, 15) is 9.59 Å². The molecule has 3 aromatic rings. The van der Waals surface area contributed by atoms with Gasteiger partial charge in [-0.05, 0) is 38.1 Å². The van der Waals surface area contributed by atoms with E-state index in [4.69, 9.17) is 9.15 Å². The molecule has 0 aliphatic carbocycles. The molecule has 5 heteroatoms. The van der Waals surface area contributed by atoms with Crippen LogP contribution in [0.5, 0.6) is 0 Å². The van der Waals surface area contributed by atoms with Crippen LogP contribution in [0.15, 0.2) is 51.7 Å². The molecule has 2 aromatic heterocycles. The summed E-state index contributed by atoms with van der Waals surface area (Å²) in [6.07, 6.45) is 0. The largest absolute Gasteiger partial charge is 0.458 e. The zero-order valence-electron chi connectivity index (χ0n) is 13.0. The Kier molecular flexibility index (Phi) is 4.02. The van der Waals surface area contributed by atoms with Crippen molar-refractivity contribution in [2.24, 2.45) is 0 Å². The Labute approximate surface area is 133 Å². The minimum absolute atomic E-state index is 0.0744. The molecule has 23 heavy (non-hydrogen) atoms. The maximum Gasteiger partial charge on any atom is 0.374 e. The molecule has 0 radical (unpaired) electrons. The molecule has 0 saturated heterocycles. The van der Waals surface area contributed by atoms with Crippen LogP contribution in [0.2, 0.25) is 0 Å². The van der Waals surface area contributed by atoms with Gasteiger partial charge in [-0.25, -0.2) is 4.79 Å². The van der Waals surface area contributed by atoms with Crippen LogP contribution in [0.3, 0.4) is 0 Å². The number of carbonyl (C=O) groups excluding carboxylic acids is 1. The summed E-state index contributed by atoms with van der Waals surface area (Å²) in [7, 11) is 0. The van der Waals surface area contributed by atoms with Gasteiger partial charge in [0.25, 0.3) is 0 Å². The number of hydrogen-bond acceptors (Lipinski definition) is 4. The molecule has 0 atom stereocenters. The SMILES string of the molecule is Cc1ccc(C)n1CCOC(=O)c1cc(=O)c2ccccc2o1. The third-order valence-electron chi connectivity index (χ3n) is 3.80. The molecule has 0 amide bonds. The number of aryl methyl sites for hydroxylation is 2. The van der Waals surface area contributed by atoms with Crippen LogP contribution in [0, 0.1) is 13.8 Å². The van der Waals surface area contributed by atoms with Gasteiger partial charge >= 0.3 is 5.97 Å². The monoisotopic (exact) mass is 311 g/mol. The first-order valence-corrected chi connectivity index (χ1v) is 7.39. The van der Waals surface area contributed by atoms with Crippen molar-refractivity contribution in [1.82, 2.24) is 4.57 Å². The van der Waals surface area contributed by atoms with E-state index < -0.39 is 5.97 Å². The fourth-order valence-corrected chi connectivity index (χ4v) is 2.56. The summed E-state index contributed by atoms with van der Waals surface area (Å²) < 4.78 is 12.7. The Morgan fingerprint density at radius 2 is 1.83 bits per heavy atom. The molecule has 118 valence electrons. The summed E-state index contributed by atoms with van der Waals surface area (Å²) in [6.45, 7) is 4.77. The Morgan fingerprint density at radius 1 is 1.13 bits per heavy atom. The quantitative estimate of drug-likeness (QED) is 0.695. The van der Waals surface area contributed by atoms with Gasteiger partial charge in [-0.3, -0.25) is 4.79 Å². The molecule has 0 fully saturated rings. The van der Waals surface area contributed by atoms with Crippen molar-refractivity contribution >= 4 is 16.9 Å². The van der Waals surface area contributed by atoms with Crippen LogP contribution in [0.4, 0.5) is 0 Å². The summed E-state index contributed by atoms with van der Waals surface area (Å²) in [5, 5.41) is 0.447. The van der Waals surface area contributed by atoms with E-state index in [2.05, 4.69) is 4.57 Å². The zero-order chi connectivity index (χ0) is 16.4. The van der Waals surface area contributed by atoms with Gasteiger partial charge in [0.15, 0.2) is 5.43 Å². The molecule has 2 heterocycles. The van der Waals surface area contributed by atoms with Crippen molar-refractivity contribution in [3.8, 4) is 0 Å². The number of esters is 1. The average Bonchev–Trinajstić information content (AvgIpc) is 2.86. The van der Waals surface area contributed by atoms with Crippen LogP contribution in [0.1, 0.15) is 21.9 Å². The van der Waals surface area contributed by atoms with Gasteiger partial charge in [-0.15, -0.1) is 0 Å². The molecule has 0 bridgehead atoms. The maximum atomic E-state index is 12.1. The number of rotatable bonds is 4. The molecule has 0 saturated carbocycles. The molecular weight excluding hydrogens is 294 g/mol. The van der Waals surface area contributed by atoms with Crippen molar-refractivity contribution < 1.29 is 13.9 Å². The van der Waals surface area contributed by atoms with Gasteiger partial charge in [0, 0.05) is 17.5 Å². The van der Waals surface area contributed by atoms with Gasteiger partial charge in [-0.1, -0.05) is 12.1 Å². The first-order valence-electron chi connectivity index (χ1n) is 7.39. The van der Waals surface area contributed by atoms with Gasteiger partial charge < -0.3 is 13.7 Å². The van der Waals surface area contributed by atoms with E-state index in [0.29, 0.717) is 17.5 Å². The van der Waals surface area contributed by atoms with Crippen molar-refractivity contribution in [2.75, 3.05) is 6.61 Å². The Bertz CT molecular complexity index is 901. The fraction of sp³-hybridized carbons (Fsp3) is 0.222. The molecule has 1 aromatic carbocycles. The Morgan fingerprint density at radius 3 is 2.57 bits per heavy atom. The van der Waals surface area contributed by atoms with E-state index in [-0.39, 0.29) is 17.8 Å². The third-order valence-corrected chi connectivity index (χ3v) is 3.80. The fourth-order valence-electron chi connectivity index (χ4n) is 2.56. The standard InChI is InChI=1S/C18H17NO4/c1-12-7-8-13(2)19(12)9-10-22-18(21)17-11-15(20)14-5-3-4-6-16(14)23-17/h3-8,11H,9-10H2,1-2H3. The highest BCUT2D eigenvalue weighted by Crippen LogP contribution is 2.13. The normalized spacial score (nSPS) is 10.9. The van der Waals surface area contributed by atoms with E-state index in [1.165, 1.54) is 6.07 Å². The number of fused-ring (bicyclic) bond motifs is 1. The molecule has 0 aliphatic heterocycles. The third kappa shape index (κ3) is 3.04. The first kappa shape index (κ1) is 15.1. The number of benzene rings is 1. The van der Waals surface area contributed by atoms with Crippen LogP contribution >= 0.6 is 0 Å². The second kappa shape index (κ2) is 6.12. The van der Waals surface area contributed by atoms with Gasteiger partial charge in [-0.2, -0.15) is 0 Å². The highest BCUT2D eigenvalue weighted by molar-refractivity contribution is 5.88. The lowest BCUT2D eigenvalue weighted by Crippen LogP contribution is -2.14.